The highest BCUT2D eigenvalue weighted by molar-refractivity contribution is 7.99. The van der Waals surface area contributed by atoms with Crippen molar-refractivity contribution in [2.45, 2.75) is 64.4 Å². The molecule has 0 saturated carbocycles. The number of nitrogens with one attached hydrogen (secondary N) is 4. The Morgan fingerprint density at radius 3 is 1.51 bits per heavy atom. The number of thioether (sulfide) groups is 2. The second kappa shape index (κ2) is 38.0. The summed E-state index contributed by atoms with van der Waals surface area (Å²) in [5.74, 6) is 2.39. The maximum atomic E-state index is 13.8. The number of aromatic nitrogens is 4. The Bertz CT molecular complexity index is 5780. The summed E-state index contributed by atoms with van der Waals surface area (Å²) in [5.41, 5.74) is 8.85. The summed E-state index contributed by atoms with van der Waals surface area (Å²) in [6.45, 7) is 12.5. The minimum atomic E-state index is -4.27. The van der Waals surface area contributed by atoms with Crippen molar-refractivity contribution in [3.8, 4) is 11.3 Å². The second-order valence-corrected chi connectivity index (χ2v) is 36.1. The molecule has 9 aromatic carbocycles. The summed E-state index contributed by atoms with van der Waals surface area (Å²) in [6.07, 6.45) is 11.8. The molecule has 3 aromatic heterocycles. The quantitative estimate of drug-likeness (QED) is 0.0173. The molecule has 29 heteroatoms. The van der Waals surface area contributed by atoms with Gasteiger partial charge in [0.2, 0.25) is 0 Å². The smallest absolute Gasteiger partial charge is 0.293 e. The van der Waals surface area contributed by atoms with Gasteiger partial charge in [-0.15, -0.1) is 23.5 Å². The van der Waals surface area contributed by atoms with Gasteiger partial charge in [0.25, 0.3) is 31.4 Å². The van der Waals surface area contributed by atoms with E-state index in [2.05, 4.69) is 155 Å². The third-order valence-corrected chi connectivity index (χ3v) is 26.5. The number of furan rings is 1. The van der Waals surface area contributed by atoms with E-state index in [4.69, 9.17) is 4.42 Å². The van der Waals surface area contributed by atoms with Crippen LogP contribution in [-0.4, -0.2) is 190 Å². The molecule has 25 nitrogen and oxygen atoms in total. The molecular weight excluding hydrogens is 1570 g/mol. The highest BCUT2D eigenvalue weighted by Crippen LogP contribution is 2.43. The van der Waals surface area contributed by atoms with E-state index in [0.29, 0.717) is 33.3 Å². The first-order valence-electron chi connectivity index (χ1n) is 39.3. The first-order chi connectivity index (χ1) is 57.1. The van der Waals surface area contributed by atoms with Crippen LogP contribution < -0.4 is 29.9 Å². The van der Waals surface area contributed by atoms with Gasteiger partial charge in [-0.2, -0.15) is 0 Å². The van der Waals surface area contributed by atoms with Crippen LogP contribution in [0.4, 0.5) is 45.8 Å². The van der Waals surface area contributed by atoms with Crippen molar-refractivity contribution < 1.29 is 31.1 Å². The van der Waals surface area contributed by atoms with Crippen LogP contribution in [0.2, 0.25) is 0 Å². The average Bonchev–Trinajstić information content (AvgIpc) is 0.995. The number of hydrogen-bond acceptors (Lipinski definition) is 23. The van der Waals surface area contributed by atoms with Crippen molar-refractivity contribution in [3.05, 3.63) is 281 Å². The monoisotopic (exact) mass is 1660 g/mol. The summed E-state index contributed by atoms with van der Waals surface area (Å²) in [7, 11) is -0.611. The molecule has 610 valence electrons. The predicted octanol–water partition coefficient (Wildman–Crippen LogP) is 16.6. The molecule has 15 rings (SSSR count). The Hall–Kier alpha value is -11.3. The van der Waals surface area contributed by atoms with Gasteiger partial charge in [0.15, 0.2) is 11.6 Å². The molecule has 12 aromatic rings. The number of nitro groups is 2. The van der Waals surface area contributed by atoms with Crippen molar-refractivity contribution >= 4 is 128 Å². The van der Waals surface area contributed by atoms with E-state index < -0.39 is 29.9 Å². The molecule has 0 amide bonds. The number of hydrogen-bond donors (Lipinski definition) is 4. The first kappa shape index (κ1) is 83.2. The number of benzene rings is 9. The zero-order valence-corrected chi connectivity index (χ0v) is 69.8. The molecule has 0 bridgehead atoms. The lowest BCUT2D eigenvalue weighted by Crippen LogP contribution is -2.49. The van der Waals surface area contributed by atoms with Crippen LogP contribution >= 0.6 is 23.5 Å². The van der Waals surface area contributed by atoms with E-state index in [-0.39, 0.29) is 61.7 Å². The van der Waals surface area contributed by atoms with E-state index in [1.165, 1.54) is 53.6 Å². The Balaban J connectivity index is 0.000000194. The minimum absolute atomic E-state index is 0.0163. The number of nitrogens with zero attached hydrogens (tertiary/aromatic N) is 12. The van der Waals surface area contributed by atoms with Gasteiger partial charge in [0.1, 0.15) is 35.4 Å². The molecule has 118 heavy (non-hydrogen) atoms. The topological polar surface area (TPSA) is 287 Å². The fraction of sp³-hybridized carbons (Fsp3) is 0.281. The summed E-state index contributed by atoms with van der Waals surface area (Å²) in [6, 6.07) is 68.2. The second-order valence-electron chi connectivity index (χ2n) is 30.5. The normalized spacial score (nSPS) is 16.0. The Morgan fingerprint density at radius 2 is 1.01 bits per heavy atom. The molecule has 0 spiro atoms. The molecule has 1 aliphatic carbocycles. The van der Waals surface area contributed by atoms with Crippen LogP contribution in [0.25, 0.3) is 49.7 Å². The van der Waals surface area contributed by atoms with Crippen molar-refractivity contribution in [3.63, 3.8) is 0 Å². The highest BCUT2D eigenvalue weighted by atomic mass is 32.2. The largest absolute Gasteiger partial charge is 0.456 e. The summed E-state index contributed by atoms with van der Waals surface area (Å²) in [5, 5.41) is 33.4. The molecule has 5 heterocycles. The standard InChI is InChI=1S/C45H46N8O5S2.C44H50N8O4S2/c1-50(2)21-20-34(30-59-36-12-4-3-5-13-36)48-40-19-17-37(28-42(40)53(54)55)60(56,57)49-45-39-18-16-35(27-41(39)46-31-47-45)52-24-22-51(23-25-52)29-33-11-6-8-14-38(33)44-26-32-10-7-9-15-43(32)58-44;1-44(22-11-10-16-39(44)33-12-6-4-7-13-33)31-50-24-26-51(27-25-50)35-17-19-38-41(28-35)45-32-46-43(38)48-58(55,56)37-18-20-40(42(29-37)52(53)54)47-34(21-23-49(2)3)30-57-36-14-8-5-9-15-36/h3-19,26-28,31,34,48H,20-25,29-30H2,1-2H3,(H,46,47,49);4-20,28-29,32,34,47H,21-27,30-31H2,1-3H3,(H,45,46,48)/t34-;34-,44?/m11/s1. The summed E-state index contributed by atoms with van der Waals surface area (Å²) < 4.78 is 66.4. The lowest BCUT2D eigenvalue weighted by atomic mass is 9.73. The van der Waals surface area contributed by atoms with Gasteiger partial charge in [-0.05, 0) is 174 Å². The molecule has 2 fully saturated rings. The van der Waals surface area contributed by atoms with E-state index >= 15 is 0 Å². The van der Waals surface area contributed by atoms with Crippen molar-refractivity contribution in [2.24, 2.45) is 5.41 Å². The molecular formula is C89H96N16O9S4. The van der Waals surface area contributed by atoms with Crippen LogP contribution in [0, 0.1) is 25.6 Å². The van der Waals surface area contributed by atoms with Crippen molar-refractivity contribution in [2.75, 3.05) is 142 Å². The third kappa shape index (κ3) is 21.0. The number of fused-ring (bicyclic) bond motifs is 3. The fourth-order valence-corrected chi connectivity index (χ4v) is 19.2. The SMILES string of the molecule is CN(C)CC[C@H](CSc1ccccc1)Nc1ccc(S(=O)(=O)Nc2ncnc3cc(N4CCN(CC5(C)CC=CC=C5c5ccccc5)CC4)ccc23)cc1[N+](=O)[O-].CN(C)CC[C@H](CSc1ccccc1)Nc1ccc(S(=O)(=O)Nc2ncnc3cc(N4CCN(Cc5ccccc5-c5cc6ccccc6o5)CC4)ccc23)cc1[N+](=O)[O-]. The van der Waals surface area contributed by atoms with E-state index in [1.807, 2.05) is 150 Å². The Morgan fingerprint density at radius 1 is 0.534 bits per heavy atom. The van der Waals surface area contributed by atoms with Gasteiger partial charge in [-0.3, -0.25) is 39.5 Å². The number of para-hydroxylation sites is 1. The zero-order chi connectivity index (χ0) is 82.3. The molecule has 2 aliphatic heterocycles. The third-order valence-electron chi connectivity index (χ3n) is 21.5. The highest BCUT2D eigenvalue weighted by Gasteiger charge is 2.35. The van der Waals surface area contributed by atoms with Crippen LogP contribution in [0.5, 0.6) is 0 Å². The summed E-state index contributed by atoms with van der Waals surface area (Å²) >= 11 is 3.32. The van der Waals surface area contributed by atoms with Gasteiger partial charge >= 0.3 is 0 Å². The fourth-order valence-electron chi connectivity index (χ4n) is 15.1. The summed E-state index contributed by atoms with van der Waals surface area (Å²) in [4.78, 5) is 56.5. The van der Waals surface area contributed by atoms with Crippen molar-refractivity contribution in [1.29, 1.82) is 0 Å². The average molecular weight is 1660 g/mol. The maximum Gasteiger partial charge on any atom is 0.293 e. The Labute approximate surface area is 697 Å². The molecule has 1 unspecified atom stereocenters. The van der Waals surface area contributed by atoms with Gasteiger partial charge in [-0.25, -0.2) is 36.8 Å². The molecule has 4 N–H and O–H groups in total. The first-order valence-corrected chi connectivity index (χ1v) is 44.3. The van der Waals surface area contributed by atoms with Crippen LogP contribution in [0.15, 0.2) is 273 Å². The number of nitro benzene ring substituents is 2. The lowest BCUT2D eigenvalue weighted by Gasteiger charge is -2.42. The maximum absolute atomic E-state index is 13.8. The van der Waals surface area contributed by atoms with Crippen molar-refractivity contribution in [1.82, 2.24) is 39.5 Å². The number of piperazine rings is 2. The van der Waals surface area contributed by atoms with Crippen LogP contribution in [0.3, 0.4) is 0 Å². The van der Waals surface area contributed by atoms with Gasteiger partial charge in [0, 0.05) is 149 Å². The number of sulfonamides is 2. The van der Waals surface area contributed by atoms with E-state index in [9.17, 15) is 37.1 Å². The lowest BCUT2D eigenvalue weighted by molar-refractivity contribution is -0.384. The van der Waals surface area contributed by atoms with E-state index in [1.54, 1.807) is 23.5 Å². The predicted molar refractivity (Wildman–Crippen MR) is 476 cm³/mol. The molecule has 3 aliphatic rings. The molecule has 3 atom stereocenters. The van der Waals surface area contributed by atoms with Crippen LogP contribution in [-0.2, 0) is 26.6 Å². The number of anilines is 6. The number of rotatable bonds is 32. The van der Waals surface area contributed by atoms with Crippen LogP contribution in [0.1, 0.15) is 37.3 Å². The Kier molecular flexibility index (Phi) is 26.8. The van der Waals surface area contributed by atoms with E-state index in [0.717, 1.165) is 153 Å². The minimum Gasteiger partial charge on any atom is -0.456 e. The van der Waals surface area contributed by atoms with Gasteiger partial charge in [0.05, 0.1) is 30.7 Å². The zero-order valence-electron chi connectivity index (χ0n) is 66.5. The van der Waals surface area contributed by atoms with Gasteiger partial charge in [-0.1, -0.05) is 134 Å². The number of allylic oxidation sites excluding steroid dienone is 3. The molecule has 0 radical (unpaired) electrons. The molecule has 2 saturated heterocycles. The van der Waals surface area contributed by atoms with Gasteiger partial charge < -0.3 is 34.7 Å².